The first-order valence-corrected chi connectivity index (χ1v) is 11.4. The summed E-state index contributed by atoms with van der Waals surface area (Å²) in [5, 5.41) is 2.82. The summed E-state index contributed by atoms with van der Waals surface area (Å²) in [5.41, 5.74) is 4.24. The number of carbonyl (C=O) groups is 1. The largest absolute Gasteiger partial charge is 0.491 e. The van der Waals surface area contributed by atoms with E-state index >= 15 is 0 Å². The van der Waals surface area contributed by atoms with Crippen molar-refractivity contribution in [2.75, 3.05) is 23.7 Å². The number of amides is 1. The standard InChI is InChI=1S/C22H30N2O4S/c1-15-11-17(3)22(18(4)12-15)24(29(6,26)27)13-21(25)23-19(5)14-28-20-10-8-7-9-16(20)2/h7-12,19H,13-14H2,1-6H3,(H,23,25)/t19-/m1/s1. The van der Waals surface area contributed by atoms with Gasteiger partial charge in [-0.25, -0.2) is 8.42 Å². The molecule has 0 bridgehead atoms. The summed E-state index contributed by atoms with van der Waals surface area (Å²) in [5.74, 6) is 0.382. The van der Waals surface area contributed by atoms with E-state index < -0.39 is 10.0 Å². The Morgan fingerprint density at radius 1 is 1.07 bits per heavy atom. The highest BCUT2D eigenvalue weighted by Gasteiger charge is 2.24. The molecule has 0 aliphatic carbocycles. The van der Waals surface area contributed by atoms with Crippen LogP contribution in [0.25, 0.3) is 0 Å². The summed E-state index contributed by atoms with van der Waals surface area (Å²) in [7, 11) is -3.63. The predicted octanol–water partition coefficient (Wildman–Crippen LogP) is 3.27. The molecule has 1 atom stereocenters. The predicted molar refractivity (Wildman–Crippen MR) is 117 cm³/mol. The lowest BCUT2D eigenvalue weighted by Crippen LogP contribution is -2.45. The van der Waals surface area contributed by atoms with Crippen molar-refractivity contribution in [1.29, 1.82) is 0 Å². The van der Waals surface area contributed by atoms with Crippen LogP contribution in [-0.2, 0) is 14.8 Å². The topological polar surface area (TPSA) is 75.7 Å². The zero-order valence-electron chi connectivity index (χ0n) is 17.9. The number of ether oxygens (including phenoxy) is 1. The first kappa shape index (κ1) is 22.7. The Labute approximate surface area is 173 Å². The van der Waals surface area contributed by atoms with Crippen LogP contribution in [0.2, 0.25) is 0 Å². The van der Waals surface area contributed by atoms with Crippen molar-refractivity contribution in [2.45, 2.75) is 40.7 Å². The molecule has 29 heavy (non-hydrogen) atoms. The number of hydrogen-bond acceptors (Lipinski definition) is 4. The van der Waals surface area contributed by atoms with Gasteiger partial charge in [0.05, 0.1) is 18.0 Å². The number of para-hydroxylation sites is 1. The van der Waals surface area contributed by atoms with Gasteiger partial charge in [0.15, 0.2) is 0 Å². The van der Waals surface area contributed by atoms with Gasteiger partial charge in [0.25, 0.3) is 0 Å². The van der Waals surface area contributed by atoms with Gasteiger partial charge in [-0.05, 0) is 57.4 Å². The van der Waals surface area contributed by atoms with E-state index in [1.807, 2.05) is 71.0 Å². The Morgan fingerprint density at radius 2 is 1.66 bits per heavy atom. The van der Waals surface area contributed by atoms with Gasteiger partial charge < -0.3 is 10.1 Å². The van der Waals surface area contributed by atoms with E-state index in [1.54, 1.807) is 0 Å². The van der Waals surface area contributed by atoms with Crippen LogP contribution in [0.5, 0.6) is 5.75 Å². The van der Waals surface area contributed by atoms with Gasteiger partial charge in [-0.3, -0.25) is 9.10 Å². The first-order valence-electron chi connectivity index (χ1n) is 9.52. The molecule has 1 amide bonds. The molecule has 7 heteroatoms. The minimum atomic E-state index is -3.63. The molecule has 0 unspecified atom stereocenters. The van der Waals surface area contributed by atoms with E-state index in [-0.39, 0.29) is 25.1 Å². The van der Waals surface area contributed by atoms with Gasteiger partial charge in [-0.1, -0.05) is 35.9 Å². The highest BCUT2D eigenvalue weighted by molar-refractivity contribution is 7.92. The van der Waals surface area contributed by atoms with Crippen LogP contribution in [0.15, 0.2) is 36.4 Å². The molecule has 0 aliphatic rings. The quantitative estimate of drug-likeness (QED) is 0.714. The smallest absolute Gasteiger partial charge is 0.241 e. The van der Waals surface area contributed by atoms with Crippen molar-refractivity contribution in [2.24, 2.45) is 0 Å². The van der Waals surface area contributed by atoms with Crippen LogP contribution >= 0.6 is 0 Å². The van der Waals surface area contributed by atoms with Crippen LogP contribution in [0, 0.1) is 27.7 Å². The average molecular weight is 419 g/mol. The lowest BCUT2D eigenvalue weighted by molar-refractivity contribution is -0.120. The Hall–Kier alpha value is -2.54. The van der Waals surface area contributed by atoms with Crippen LogP contribution in [0.3, 0.4) is 0 Å². The molecule has 0 fully saturated rings. The Morgan fingerprint density at radius 3 is 2.21 bits per heavy atom. The number of nitrogens with zero attached hydrogens (tertiary/aromatic N) is 1. The Kier molecular flexibility index (Phi) is 7.30. The van der Waals surface area contributed by atoms with Gasteiger partial charge in [-0.2, -0.15) is 0 Å². The third-order valence-corrected chi connectivity index (χ3v) is 5.67. The molecular weight excluding hydrogens is 388 g/mol. The van der Waals surface area contributed by atoms with Gasteiger partial charge in [0.2, 0.25) is 15.9 Å². The molecule has 0 spiro atoms. The summed E-state index contributed by atoms with van der Waals surface area (Å²) < 4.78 is 31.8. The molecule has 2 aromatic rings. The lowest BCUT2D eigenvalue weighted by Gasteiger charge is -2.26. The fourth-order valence-corrected chi connectivity index (χ4v) is 4.33. The van der Waals surface area contributed by atoms with Crippen LogP contribution in [0.4, 0.5) is 5.69 Å². The van der Waals surface area contributed by atoms with Crippen LogP contribution in [-0.4, -0.2) is 39.8 Å². The second kappa shape index (κ2) is 9.31. The average Bonchev–Trinajstić information content (AvgIpc) is 2.58. The molecular formula is C22H30N2O4S. The van der Waals surface area contributed by atoms with Gasteiger partial charge in [0, 0.05) is 0 Å². The summed E-state index contributed by atoms with van der Waals surface area (Å²) in [6.45, 7) is 9.44. The highest BCUT2D eigenvalue weighted by Crippen LogP contribution is 2.28. The number of aryl methyl sites for hydroxylation is 4. The van der Waals surface area contributed by atoms with Crippen molar-refractivity contribution < 1.29 is 17.9 Å². The number of rotatable bonds is 8. The molecule has 0 aliphatic heterocycles. The number of nitrogens with one attached hydrogen (secondary N) is 1. The lowest BCUT2D eigenvalue weighted by atomic mass is 10.1. The molecule has 2 aromatic carbocycles. The maximum atomic E-state index is 12.6. The van der Waals surface area contributed by atoms with Crippen molar-refractivity contribution in [3.63, 3.8) is 0 Å². The van der Waals surface area contributed by atoms with E-state index in [0.29, 0.717) is 5.69 Å². The minimum absolute atomic E-state index is 0.274. The minimum Gasteiger partial charge on any atom is -0.491 e. The fraction of sp³-hybridized carbons (Fsp3) is 0.409. The van der Waals surface area contributed by atoms with Crippen LogP contribution < -0.4 is 14.4 Å². The van der Waals surface area contributed by atoms with Gasteiger partial charge in [0.1, 0.15) is 18.9 Å². The third-order valence-electron chi connectivity index (χ3n) is 4.56. The maximum Gasteiger partial charge on any atom is 0.241 e. The summed E-state index contributed by atoms with van der Waals surface area (Å²) in [4.78, 5) is 12.6. The highest BCUT2D eigenvalue weighted by atomic mass is 32.2. The number of hydrogen-bond donors (Lipinski definition) is 1. The molecule has 158 valence electrons. The van der Waals surface area contributed by atoms with E-state index in [0.717, 1.165) is 34.3 Å². The number of benzene rings is 2. The first-order chi connectivity index (χ1) is 13.5. The normalized spacial score (nSPS) is 12.3. The van der Waals surface area contributed by atoms with Crippen molar-refractivity contribution >= 4 is 21.6 Å². The van der Waals surface area contributed by atoms with Crippen molar-refractivity contribution in [1.82, 2.24) is 5.32 Å². The third kappa shape index (κ3) is 6.22. The Bertz CT molecular complexity index is 963. The number of anilines is 1. The molecule has 0 saturated carbocycles. The second-order valence-electron chi connectivity index (χ2n) is 7.56. The van der Waals surface area contributed by atoms with E-state index in [4.69, 9.17) is 4.74 Å². The zero-order chi connectivity index (χ0) is 21.8. The molecule has 0 radical (unpaired) electrons. The monoisotopic (exact) mass is 418 g/mol. The van der Waals surface area contributed by atoms with E-state index in [2.05, 4.69) is 5.32 Å². The molecule has 0 heterocycles. The molecule has 1 N–H and O–H groups in total. The van der Waals surface area contributed by atoms with Crippen molar-refractivity contribution in [3.8, 4) is 5.75 Å². The van der Waals surface area contributed by atoms with Gasteiger partial charge >= 0.3 is 0 Å². The maximum absolute atomic E-state index is 12.6. The molecule has 0 saturated heterocycles. The van der Waals surface area contributed by atoms with E-state index in [1.165, 1.54) is 4.31 Å². The summed E-state index contributed by atoms with van der Waals surface area (Å²) >= 11 is 0. The molecule has 6 nitrogen and oxygen atoms in total. The molecule has 2 rings (SSSR count). The molecule has 0 aromatic heterocycles. The van der Waals surface area contributed by atoms with Crippen molar-refractivity contribution in [3.05, 3.63) is 58.7 Å². The number of sulfonamides is 1. The summed E-state index contributed by atoms with van der Waals surface area (Å²) in [6.07, 6.45) is 1.11. The zero-order valence-corrected chi connectivity index (χ0v) is 18.8. The van der Waals surface area contributed by atoms with Crippen LogP contribution in [0.1, 0.15) is 29.2 Å². The SMILES string of the molecule is Cc1cc(C)c(N(CC(=O)N[C@H](C)COc2ccccc2C)S(C)(=O)=O)c(C)c1. The van der Waals surface area contributed by atoms with Gasteiger partial charge in [-0.15, -0.1) is 0 Å². The fourth-order valence-electron chi connectivity index (χ4n) is 3.35. The number of carbonyl (C=O) groups excluding carboxylic acids is 1. The van der Waals surface area contributed by atoms with E-state index in [9.17, 15) is 13.2 Å². The Balaban J connectivity index is 2.08. The summed E-state index contributed by atoms with van der Waals surface area (Å²) in [6, 6.07) is 11.2. The second-order valence-corrected chi connectivity index (χ2v) is 9.47.